The molecule has 0 aromatic heterocycles. The van der Waals surface area contributed by atoms with E-state index in [4.69, 9.17) is 0 Å². The molecule has 20 heavy (non-hydrogen) atoms. The van der Waals surface area contributed by atoms with Crippen LogP contribution in [0.15, 0.2) is 47.4 Å². The van der Waals surface area contributed by atoms with Crippen molar-refractivity contribution < 1.29 is 4.79 Å². The van der Waals surface area contributed by atoms with Gasteiger partial charge in [-0.1, -0.05) is 6.07 Å². The molecule has 0 aliphatic rings. The van der Waals surface area contributed by atoms with Gasteiger partial charge >= 0.3 is 6.03 Å². The van der Waals surface area contributed by atoms with Crippen molar-refractivity contribution in [1.82, 2.24) is 0 Å². The van der Waals surface area contributed by atoms with Gasteiger partial charge in [0.05, 0.1) is 0 Å². The molecule has 0 fully saturated rings. The standard InChI is InChI=1S/C16H18N2OS/c1-11-4-5-14(10-12(11)2)18-16(19)17-13-6-8-15(20-3)9-7-13/h4-10H,1-3H3,(H2,17,18,19). The predicted molar refractivity (Wildman–Crippen MR) is 86.8 cm³/mol. The van der Waals surface area contributed by atoms with E-state index in [1.165, 1.54) is 10.5 Å². The Morgan fingerprint density at radius 2 is 1.50 bits per heavy atom. The van der Waals surface area contributed by atoms with Gasteiger partial charge < -0.3 is 10.6 Å². The lowest BCUT2D eigenvalue weighted by Crippen LogP contribution is -2.19. The van der Waals surface area contributed by atoms with Crippen LogP contribution in [-0.2, 0) is 0 Å². The minimum absolute atomic E-state index is 0.231. The molecule has 0 unspecified atom stereocenters. The van der Waals surface area contributed by atoms with Crippen molar-refractivity contribution in [2.75, 3.05) is 16.9 Å². The first kappa shape index (κ1) is 14.5. The summed E-state index contributed by atoms with van der Waals surface area (Å²) in [6.07, 6.45) is 2.02. The maximum absolute atomic E-state index is 11.9. The van der Waals surface area contributed by atoms with Gasteiger partial charge in [0.15, 0.2) is 0 Å². The van der Waals surface area contributed by atoms with Gasteiger partial charge in [-0.15, -0.1) is 11.8 Å². The fourth-order valence-electron chi connectivity index (χ4n) is 1.79. The fraction of sp³-hybridized carbons (Fsp3) is 0.188. The number of carbonyl (C=O) groups is 1. The third-order valence-electron chi connectivity index (χ3n) is 3.11. The Labute approximate surface area is 123 Å². The summed E-state index contributed by atoms with van der Waals surface area (Å²) >= 11 is 1.67. The van der Waals surface area contributed by atoms with Crippen molar-refractivity contribution in [3.63, 3.8) is 0 Å². The van der Waals surface area contributed by atoms with Crippen LogP contribution in [0.3, 0.4) is 0 Å². The van der Waals surface area contributed by atoms with Crippen LogP contribution in [0.5, 0.6) is 0 Å². The van der Waals surface area contributed by atoms with Crippen LogP contribution in [0.25, 0.3) is 0 Å². The number of thioether (sulfide) groups is 1. The lowest BCUT2D eigenvalue weighted by molar-refractivity contribution is 0.262. The molecular formula is C16H18N2OS. The summed E-state index contributed by atoms with van der Waals surface area (Å²) in [6.45, 7) is 4.08. The van der Waals surface area contributed by atoms with Crippen molar-refractivity contribution in [1.29, 1.82) is 0 Å². The number of hydrogen-bond acceptors (Lipinski definition) is 2. The van der Waals surface area contributed by atoms with Gasteiger partial charge in [-0.25, -0.2) is 4.79 Å². The number of anilines is 2. The van der Waals surface area contributed by atoms with Gasteiger partial charge in [0.1, 0.15) is 0 Å². The third kappa shape index (κ3) is 3.78. The monoisotopic (exact) mass is 286 g/mol. The van der Waals surface area contributed by atoms with Crippen molar-refractivity contribution >= 4 is 29.2 Å². The molecule has 0 aliphatic heterocycles. The summed E-state index contributed by atoms with van der Waals surface area (Å²) < 4.78 is 0. The second-order valence-corrected chi connectivity index (χ2v) is 5.49. The van der Waals surface area contributed by atoms with E-state index in [0.717, 1.165) is 16.9 Å². The number of benzene rings is 2. The van der Waals surface area contributed by atoms with Gasteiger partial charge in [-0.2, -0.15) is 0 Å². The maximum Gasteiger partial charge on any atom is 0.323 e. The fourth-order valence-corrected chi connectivity index (χ4v) is 2.20. The Hall–Kier alpha value is -1.94. The SMILES string of the molecule is CSc1ccc(NC(=O)Nc2ccc(C)c(C)c2)cc1. The molecule has 0 spiro atoms. The number of amides is 2. The Morgan fingerprint density at radius 3 is 2.10 bits per heavy atom. The van der Waals surface area contributed by atoms with Gasteiger partial charge in [0.25, 0.3) is 0 Å². The smallest absolute Gasteiger partial charge is 0.308 e. The van der Waals surface area contributed by atoms with Gasteiger partial charge in [-0.05, 0) is 67.6 Å². The molecule has 0 heterocycles. The predicted octanol–water partition coefficient (Wildman–Crippen LogP) is 4.67. The highest BCUT2D eigenvalue weighted by Gasteiger charge is 2.03. The first-order chi connectivity index (χ1) is 9.58. The van der Waals surface area contributed by atoms with E-state index < -0.39 is 0 Å². The minimum Gasteiger partial charge on any atom is -0.308 e. The molecule has 0 saturated heterocycles. The number of carbonyl (C=O) groups excluding carboxylic acids is 1. The van der Waals surface area contributed by atoms with Crippen LogP contribution >= 0.6 is 11.8 Å². The lowest BCUT2D eigenvalue weighted by Gasteiger charge is -2.09. The topological polar surface area (TPSA) is 41.1 Å². The van der Waals surface area contributed by atoms with Crippen LogP contribution in [0.1, 0.15) is 11.1 Å². The van der Waals surface area contributed by atoms with E-state index >= 15 is 0 Å². The van der Waals surface area contributed by atoms with E-state index in [1.807, 2.05) is 62.6 Å². The molecule has 2 aromatic rings. The van der Waals surface area contributed by atoms with Crippen LogP contribution in [0, 0.1) is 13.8 Å². The molecule has 2 N–H and O–H groups in total. The Bertz CT molecular complexity index is 608. The normalized spacial score (nSPS) is 10.2. The molecular weight excluding hydrogens is 268 g/mol. The summed E-state index contributed by atoms with van der Waals surface area (Å²) in [5.74, 6) is 0. The van der Waals surface area contributed by atoms with E-state index in [0.29, 0.717) is 0 Å². The van der Waals surface area contributed by atoms with E-state index in [1.54, 1.807) is 11.8 Å². The van der Waals surface area contributed by atoms with E-state index in [9.17, 15) is 4.79 Å². The molecule has 2 amide bonds. The molecule has 0 atom stereocenters. The second kappa shape index (κ2) is 6.48. The molecule has 2 rings (SSSR count). The van der Waals surface area contributed by atoms with Crippen LogP contribution in [0.4, 0.5) is 16.2 Å². The second-order valence-electron chi connectivity index (χ2n) is 4.61. The van der Waals surface area contributed by atoms with Gasteiger partial charge in [0.2, 0.25) is 0 Å². The van der Waals surface area contributed by atoms with Crippen LogP contribution in [0.2, 0.25) is 0 Å². The van der Waals surface area contributed by atoms with Crippen molar-refractivity contribution in [2.24, 2.45) is 0 Å². The van der Waals surface area contributed by atoms with E-state index in [-0.39, 0.29) is 6.03 Å². The average molecular weight is 286 g/mol. The van der Waals surface area contributed by atoms with E-state index in [2.05, 4.69) is 10.6 Å². The van der Waals surface area contributed by atoms with Crippen molar-refractivity contribution in [2.45, 2.75) is 18.7 Å². The Kier molecular flexibility index (Phi) is 4.69. The first-order valence-corrected chi connectivity index (χ1v) is 7.60. The quantitative estimate of drug-likeness (QED) is 0.805. The summed E-state index contributed by atoms with van der Waals surface area (Å²) in [5, 5.41) is 5.65. The largest absolute Gasteiger partial charge is 0.323 e. The maximum atomic E-state index is 11.9. The van der Waals surface area contributed by atoms with Gasteiger partial charge in [0, 0.05) is 16.3 Å². The van der Waals surface area contributed by atoms with Crippen LogP contribution in [-0.4, -0.2) is 12.3 Å². The first-order valence-electron chi connectivity index (χ1n) is 6.38. The summed E-state index contributed by atoms with van der Waals surface area (Å²) in [6, 6.07) is 13.4. The average Bonchev–Trinajstić information content (AvgIpc) is 2.44. The molecule has 0 aliphatic carbocycles. The number of aryl methyl sites for hydroxylation is 2. The van der Waals surface area contributed by atoms with Crippen molar-refractivity contribution in [3.05, 3.63) is 53.6 Å². The zero-order chi connectivity index (χ0) is 14.5. The zero-order valence-corrected chi connectivity index (χ0v) is 12.7. The number of rotatable bonds is 3. The van der Waals surface area contributed by atoms with Gasteiger partial charge in [-0.3, -0.25) is 0 Å². The zero-order valence-electron chi connectivity index (χ0n) is 11.9. The molecule has 3 nitrogen and oxygen atoms in total. The molecule has 0 radical (unpaired) electrons. The van der Waals surface area contributed by atoms with Crippen molar-refractivity contribution in [3.8, 4) is 0 Å². The summed E-state index contributed by atoms with van der Waals surface area (Å²) in [7, 11) is 0. The number of nitrogens with one attached hydrogen (secondary N) is 2. The highest BCUT2D eigenvalue weighted by molar-refractivity contribution is 7.98. The lowest BCUT2D eigenvalue weighted by atomic mass is 10.1. The van der Waals surface area contributed by atoms with Crippen LogP contribution < -0.4 is 10.6 Å². The molecule has 4 heteroatoms. The third-order valence-corrected chi connectivity index (χ3v) is 3.86. The highest BCUT2D eigenvalue weighted by Crippen LogP contribution is 2.18. The molecule has 0 saturated carbocycles. The Balaban J connectivity index is 1.99. The molecule has 2 aromatic carbocycles. The summed E-state index contributed by atoms with van der Waals surface area (Å²) in [5.41, 5.74) is 3.95. The number of urea groups is 1. The molecule has 0 bridgehead atoms. The minimum atomic E-state index is -0.231. The Morgan fingerprint density at radius 1 is 0.900 bits per heavy atom. The summed E-state index contributed by atoms with van der Waals surface area (Å²) in [4.78, 5) is 13.1. The highest BCUT2D eigenvalue weighted by atomic mass is 32.2. The molecule has 104 valence electrons. The number of hydrogen-bond donors (Lipinski definition) is 2.